The summed E-state index contributed by atoms with van der Waals surface area (Å²) in [5.41, 5.74) is 2.86. The zero-order chi connectivity index (χ0) is 52.5. The molecule has 0 aromatic heterocycles. The lowest BCUT2D eigenvalue weighted by Gasteiger charge is -2.14. The van der Waals surface area contributed by atoms with Crippen molar-refractivity contribution in [2.75, 3.05) is 17.3 Å². The molecule has 0 spiro atoms. The number of alkyl halides is 2. The minimum Gasteiger partial charge on any atom is -0.460 e. The highest BCUT2D eigenvalue weighted by Crippen LogP contribution is 2.48. The first-order valence-electron chi connectivity index (χ1n) is 24.5. The largest absolute Gasteiger partial charge is 0.460 e. The van der Waals surface area contributed by atoms with Gasteiger partial charge in [0.15, 0.2) is 5.41 Å². The van der Waals surface area contributed by atoms with Crippen molar-refractivity contribution >= 4 is 76.9 Å². The Kier molecular flexibility index (Phi) is 29.9. The van der Waals surface area contributed by atoms with Gasteiger partial charge in [0, 0.05) is 10.7 Å². The van der Waals surface area contributed by atoms with Crippen molar-refractivity contribution in [1.29, 1.82) is 0 Å². The van der Waals surface area contributed by atoms with Crippen LogP contribution in [-0.4, -0.2) is 67.4 Å². The fourth-order valence-electron chi connectivity index (χ4n) is 6.42. The van der Waals surface area contributed by atoms with E-state index >= 15 is 0 Å². The van der Waals surface area contributed by atoms with Crippen LogP contribution in [0, 0.1) is 22.7 Å². The fourth-order valence-corrected chi connectivity index (χ4v) is 8.29. The molecule has 0 saturated heterocycles. The maximum atomic E-state index is 12.2. The van der Waals surface area contributed by atoms with Crippen LogP contribution in [0.25, 0.3) is 0 Å². The van der Waals surface area contributed by atoms with Gasteiger partial charge in [0.05, 0.1) is 12.0 Å². The summed E-state index contributed by atoms with van der Waals surface area (Å²) >= 11 is 6.72. The average Bonchev–Trinajstić information content (AvgIpc) is 4.36. The number of hydrogen-bond acceptors (Lipinski definition) is 11. The molecule has 0 bridgehead atoms. The van der Waals surface area contributed by atoms with Crippen LogP contribution in [0.15, 0.2) is 152 Å². The number of carbonyl (C=O) groups excluding carboxylic acids is 5. The third kappa shape index (κ3) is 25.5. The smallest absolute Gasteiger partial charge is 0.323 e. The van der Waals surface area contributed by atoms with Crippen molar-refractivity contribution in [3.05, 3.63) is 179 Å². The Hall–Kier alpha value is -5.10. The lowest BCUT2D eigenvalue weighted by atomic mass is 10.1. The van der Waals surface area contributed by atoms with Gasteiger partial charge in [-0.15, -0.1) is 0 Å². The molecule has 5 aromatic rings. The second-order valence-electron chi connectivity index (χ2n) is 18.3. The zero-order valence-electron chi connectivity index (χ0n) is 42.2. The SMILES string of the molecule is BrCCBr.CC(C)[CH2][AlH][CH2]C(C)C.O=C(CC(=O)OCc1ccccc1)OCc1ccccc1.O=C(OCc1ccccc1)C1(C(=O)OCc2ccccc2)CC1.O=C(OCc1ccccc1)C1(CO)CC1. The maximum Gasteiger partial charge on any atom is 0.323 e. The molecular weight excluding hydrogens is 1060 g/mol. The van der Waals surface area contributed by atoms with E-state index in [0.717, 1.165) is 63.2 Å². The zero-order valence-corrected chi connectivity index (χ0v) is 46.8. The number of rotatable bonds is 21. The van der Waals surface area contributed by atoms with E-state index in [9.17, 15) is 24.0 Å². The Balaban J connectivity index is 0.000000258. The molecule has 5 aromatic carbocycles. The topological polar surface area (TPSA) is 152 Å². The summed E-state index contributed by atoms with van der Waals surface area (Å²) in [6, 6.07) is 46.9. The van der Waals surface area contributed by atoms with Gasteiger partial charge in [-0.05, 0) is 53.5 Å². The molecule has 2 aliphatic rings. The fraction of sp³-hybridized carbons (Fsp3) is 0.397. The number of hydrogen-bond donors (Lipinski definition) is 1. The van der Waals surface area contributed by atoms with Gasteiger partial charge in [-0.25, -0.2) is 0 Å². The van der Waals surface area contributed by atoms with Gasteiger partial charge >= 0.3 is 29.8 Å². The van der Waals surface area contributed by atoms with Gasteiger partial charge < -0.3 is 28.8 Å². The Bertz CT molecular complexity index is 2160. The molecule has 1 N–H and O–H groups in total. The van der Waals surface area contributed by atoms with Gasteiger partial charge in [0.25, 0.3) is 0 Å². The number of aliphatic hydroxyl groups is 1. The van der Waals surface area contributed by atoms with Crippen molar-refractivity contribution in [1.82, 2.24) is 0 Å². The summed E-state index contributed by atoms with van der Waals surface area (Å²) in [6.07, 6.45) is 2.11. The molecule has 0 unspecified atom stereocenters. The highest BCUT2D eigenvalue weighted by molar-refractivity contribution is 9.11. The molecule has 7 rings (SSSR count). The molecular formula is C58H71AlBr2O11. The average molecular weight is 1130 g/mol. The Labute approximate surface area is 449 Å². The number of carbonyl (C=O) groups is 5. The molecule has 386 valence electrons. The minimum absolute atomic E-state index is 0.0966. The Morgan fingerprint density at radius 2 is 0.736 bits per heavy atom. The van der Waals surface area contributed by atoms with Crippen LogP contribution in [0.5, 0.6) is 0 Å². The first kappa shape index (κ1) is 61.2. The first-order valence-corrected chi connectivity index (χ1v) is 28.8. The summed E-state index contributed by atoms with van der Waals surface area (Å²) in [5.74, 6) is -0.507. The molecule has 2 saturated carbocycles. The standard InChI is InChI=1S/C19H18O4.C17H16O4.C12H14O3.2C4H9.C2H4Br2.Al.H/c20-17(22-13-15-7-3-1-4-8-15)19(11-12-19)18(21)23-14-16-9-5-2-6-10-16;18-16(20-12-14-7-3-1-4-8-14)11-17(19)21-13-15-9-5-2-6-10-15;13-9-12(6-7-12)11(14)15-8-10-4-2-1-3-5-10;2*1-4(2)3;3-1-2-4;;/h1-10H,11-14H2;1-10H,11-13H2;1-5,13H,6-9H2;2*4H,1H2,2-3H3;1-2H2;;. The summed E-state index contributed by atoms with van der Waals surface area (Å²) in [4.78, 5) is 59.0. The predicted octanol–water partition coefficient (Wildman–Crippen LogP) is 12.0. The summed E-state index contributed by atoms with van der Waals surface area (Å²) in [5, 5.41) is 14.2. The molecule has 72 heavy (non-hydrogen) atoms. The highest BCUT2D eigenvalue weighted by atomic mass is 79.9. The van der Waals surface area contributed by atoms with Crippen LogP contribution in [0.1, 0.15) is 87.6 Å². The number of halogens is 2. The van der Waals surface area contributed by atoms with E-state index in [2.05, 4.69) is 59.6 Å². The van der Waals surface area contributed by atoms with Crippen molar-refractivity contribution in [3.8, 4) is 0 Å². The predicted molar refractivity (Wildman–Crippen MR) is 290 cm³/mol. The van der Waals surface area contributed by atoms with Crippen LogP contribution in [-0.2, 0) is 80.7 Å². The molecule has 0 radical (unpaired) electrons. The summed E-state index contributed by atoms with van der Waals surface area (Å²) < 4.78 is 25.7. The lowest BCUT2D eigenvalue weighted by molar-refractivity contribution is -0.166. The van der Waals surface area contributed by atoms with Gasteiger partial charge in [0.1, 0.15) is 39.5 Å². The molecule has 0 atom stereocenters. The number of aliphatic hydroxyl groups excluding tert-OH is 1. The minimum atomic E-state index is -1.09. The second kappa shape index (κ2) is 35.1. The quantitative estimate of drug-likeness (QED) is 0.0246. The normalized spacial score (nSPS) is 13.0. The summed E-state index contributed by atoms with van der Waals surface area (Å²) in [6.45, 7) is 10.2. The molecule has 0 aliphatic heterocycles. The number of benzene rings is 5. The van der Waals surface area contributed by atoms with Crippen LogP contribution in [0.3, 0.4) is 0 Å². The van der Waals surface area contributed by atoms with Crippen molar-refractivity contribution in [2.24, 2.45) is 22.7 Å². The number of esters is 5. The van der Waals surface area contributed by atoms with Gasteiger partial charge in [-0.2, -0.15) is 0 Å². The molecule has 0 amide bonds. The van der Waals surface area contributed by atoms with Crippen LogP contribution in [0.2, 0.25) is 10.6 Å². The molecule has 11 nitrogen and oxygen atoms in total. The summed E-state index contributed by atoms with van der Waals surface area (Å²) in [7, 11) is 0. The van der Waals surface area contributed by atoms with E-state index in [-0.39, 0.29) is 45.4 Å². The van der Waals surface area contributed by atoms with Gasteiger partial charge in [-0.1, -0.05) is 234 Å². The van der Waals surface area contributed by atoms with E-state index < -0.39 is 34.7 Å². The molecule has 0 heterocycles. The Morgan fingerprint density at radius 3 is 0.972 bits per heavy atom. The van der Waals surface area contributed by atoms with E-state index in [4.69, 9.17) is 28.8 Å². The van der Waals surface area contributed by atoms with Crippen molar-refractivity contribution in [2.45, 2.75) is 103 Å². The van der Waals surface area contributed by atoms with Gasteiger partial charge in [-0.3, -0.25) is 24.0 Å². The Morgan fingerprint density at radius 1 is 0.458 bits per heavy atom. The monoisotopic (exact) mass is 1130 g/mol. The van der Waals surface area contributed by atoms with Crippen LogP contribution < -0.4 is 0 Å². The maximum absolute atomic E-state index is 12.2. The van der Waals surface area contributed by atoms with Crippen LogP contribution in [0.4, 0.5) is 0 Å². The van der Waals surface area contributed by atoms with E-state index in [0.29, 0.717) is 34.7 Å². The third-order valence-corrected chi connectivity index (χ3v) is 16.2. The number of ether oxygens (including phenoxy) is 5. The van der Waals surface area contributed by atoms with E-state index in [1.807, 2.05) is 152 Å². The molecule has 2 fully saturated rings. The van der Waals surface area contributed by atoms with Gasteiger partial charge in [0.2, 0.25) is 15.2 Å². The van der Waals surface area contributed by atoms with Crippen molar-refractivity contribution < 1.29 is 52.8 Å². The highest BCUT2D eigenvalue weighted by Gasteiger charge is 2.59. The van der Waals surface area contributed by atoms with Crippen LogP contribution >= 0.6 is 31.9 Å². The molecule has 2 aliphatic carbocycles. The first-order chi connectivity index (χ1) is 34.7. The lowest BCUT2D eigenvalue weighted by Crippen LogP contribution is -2.29. The second-order valence-corrected chi connectivity index (χ2v) is 21.7. The molecule has 14 heteroatoms. The van der Waals surface area contributed by atoms with E-state index in [1.54, 1.807) is 0 Å². The van der Waals surface area contributed by atoms with E-state index in [1.165, 1.54) is 10.6 Å². The third-order valence-electron chi connectivity index (χ3n) is 11.2. The van der Waals surface area contributed by atoms with Crippen molar-refractivity contribution in [3.63, 3.8) is 0 Å².